The molecule has 0 aliphatic carbocycles. The van der Waals surface area contributed by atoms with E-state index in [2.05, 4.69) is 37.9 Å². The van der Waals surface area contributed by atoms with E-state index >= 15 is 0 Å². The lowest BCUT2D eigenvalue weighted by Gasteiger charge is -2.39. The Hall–Kier alpha value is -0.0800. The Bertz CT molecular complexity index is 207. The lowest BCUT2D eigenvalue weighted by molar-refractivity contribution is 0.113. The van der Waals surface area contributed by atoms with Crippen molar-refractivity contribution in [3.63, 3.8) is 0 Å². The summed E-state index contributed by atoms with van der Waals surface area (Å²) in [6.45, 7) is 14.5. The van der Waals surface area contributed by atoms with Gasteiger partial charge in [0, 0.05) is 6.04 Å². The van der Waals surface area contributed by atoms with Crippen LogP contribution in [0.1, 0.15) is 66.2 Å². The molecule has 1 rings (SSSR count). The first-order valence-corrected chi connectivity index (χ1v) is 8.05. The standard InChI is InChI=1S/C16H34N2/c1-5-11-17-15(3)8-7-12-18-13-9-16(4,6-2)10-14-18/h15,17H,5-14H2,1-4H3. The average Bonchev–Trinajstić information content (AvgIpc) is 2.39. The van der Waals surface area contributed by atoms with Crippen LogP contribution in [0.15, 0.2) is 0 Å². The normalized spacial score (nSPS) is 22.0. The van der Waals surface area contributed by atoms with Gasteiger partial charge in [-0.3, -0.25) is 0 Å². The smallest absolute Gasteiger partial charge is 0.00391 e. The first kappa shape index (κ1) is 16.0. The van der Waals surface area contributed by atoms with Gasteiger partial charge in [0.2, 0.25) is 0 Å². The number of nitrogens with zero attached hydrogens (tertiary/aromatic N) is 1. The maximum Gasteiger partial charge on any atom is 0.00391 e. The van der Waals surface area contributed by atoms with Gasteiger partial charge in [0.15, 0.2) is 0 Å². The van der Waals surface area contributed by atoms with Gasteiger partial charge < -0.3 is 10.2 Å². The molecule has 0 saturated carbocycles. The van der Waals surface area contributed by atoms with Crippen molar-refractivity contribution in [3.8, 4) is 0 Å². The highest BCUT2D eigenvalue weighted by atomic mass is 15.1. The third-order valence-electron chi connectivity index (χ3n) is 4.77. The van der Waals surface area contributed by atoms with Crippen LogP contribution in [0.5, 0.6) is 0 Å². The van der Waals surface area contributed by atoms with Gasteiger partial charge in [-0.15, -0.1) is 0 Å². The largest absolute Gasteiger partial charge is 0.314 e. The summed E-state index contributed by atoms with van der Waals surface area (Å²) in [6.07, 6.45) is 8.05. The summed E-state index contributed by atoms with van der Waals surface area (Å²) in [4.78, 5) is 2.67. The Labute approximate surface area is 115 Å². The Balaban J connectivity index is 2.07. The highest BCUT2D eigenvalue weighted by molar-refractivity contribution is 4.81. The second-order valence-electron chi connectivity index (χ2n) is 6.50. The summed E-state index contributed by atoms with van der Waals surface area (Å²) in [7, 11) is 0. The van der Waals surface area contributed by atoms with Gasteiger partial charge in [-0.05, 0) is 70.6 Å². The number of piperidine rings is 1. The van der Waals surface area contributed by atoms with Crippen LogP contribution in [-0.4, -0.2) is 37.1 Å². The van der Waals surface area contributed by atoms with E-state index in [0.717, 1.165) is 0 Å². The van der Waals surface area contributed by atoms with Crippen molar-refractivity contribution in [2.75, 3.05) is 26.2 Å². The highest BCUT2D eigenvalue weighted by Crippen LogP contribution is 2.33. The number of hydrogen-bond acceptors (Lipinski definition) is 2. The van der Waals surface area contributed by atoms with Crippen molar-refractivity contribution in [2.45, 2.75) is 72.3 Å². The van der Waals surface area contributed by atoms with Crippen LogP contribution < -0.4 is 5.32 Å². The molecule has 1 N–H and O–H groups in total. The first-order chi connectivity index (χ1) is 8.59. The first-order valence-electron chi connectivity index (χ1n) is 8.05. The second-order valence-corrected chi connectivity index (χ2v) is 6.50. The SMILES string of the molecule is CCCNC(C)CCCN1CCC(C)(CC)CC1. The molecule has 0 aromatic carbocycles. The summed E-state index contributed by atoms with van der Waals surface area (Å²) in [6, 6.07) is 0.690. The van der Waals surface area contributed by atoms with E-state index in [-0.39, 0.29) is 0 Å². The molecule has 108 valence electrons. The van der Waals surface area contributed by atoms with E-state index in [4.69, 9.17) is 0 Å². The minimum Gasteiger partial charge on any atom is -0.314 e. The molecule has 1 heterocycles. The van der Waals surface area contributed by atoms with E-state index in [0.29, 0.717) is 11.5 Å². The van der Waals surface area contributed by atoms with Crippen molar-refractivity contribution in [1.82, 2.24) is 10.2 Å². The molecule has 0 aromatic heterocycles. The summed E-state index contributed by atoms with van der Waals surface area (Å²) in [5.74, 6) is 0. The number of rotatable bonds is 8. The third-order valence-corrected chi connectivity index (χ3v) is 4.77. The Morgan fingerprint density at radius 3 is 2.44 bits per heavy atom. The van der Waals surface area contributed by atoms with Crippen LogP contribution in [0.2, 0.25) is 0 Å². The molecule has 1 aliphatic heterocycles. The molecule has 0 aromatic rings. The predicted octanol–water partition coefficient (Wildman–Crippen LogP) is 3.67. The molecule has 1 unspecified atom stereocenters. The molecule has 1 saturated heterocycles. The van der Waals surface area contributed by atoms with Gasteiger partial charge >= 0.3 is 0 Å². The molecule has 1 aliphatic rings. The van der Waals surface area contributed by atoms with Crippen LogP contribution in [0.4, 0.5) is 0 Å². The van der Waals surface area contributed by atoms with E-state index in [9.17, 15) is 0 Å². The van der Waals surface area contributed by atoms with Crippen LogP contribution in [0.25, 0.3) is 0 Å². The van der Waals surface area contributed by atoms with Gasteiger partial charge in [0.25, 0.3) is 0 Å². The van der Waals surface area contributed by atoms with Gasteiger partial charge in [0.05, 0.1) is 0 Å². The molecular weight excluding hydrogens is 220 g/mol. The Morgan fingerprint density at radius 1 is 1.22 bits per heavy atom. The maximum atomic E-state index is 3.57. The minimum atomic E-state index is 0.631. The van der Waals surface area contributed by atoms with Gasteiger partial charge in [-0.25, -0.2) is 0 Å². The lowest BCUT2D eigenvalue weighted by atomic mass is 9.78. The quantitative estimate of drug-likeness (QED) is 0.711. The van der Waals surface area contributed by atoms with Crippen LogP contribution >= 0.6 is 0 Å². The Morgan fingerprint density at radius 2 is 1.89 bits per heavy atom. The van der Waals surface area contributed by atoms with Crippen molar-refractivity contribution >= 4 is 0 Å². The van der Waals surface area contributed by atoms with Crippen LogP contribution in [0.3, 0.4) is 0 Å². The van der Waals surface area contributed by atoms with Gasteiger partial charge in [-0.2, -0.15) is 0 Å². The number of likely N-dealkylation sites (tertiary alicyclic amines) is 1. The molecule has 0 amide bonds. The summed E-state index contributed by atoms with van der Waals surface area (Å²) in [5.41, 5.74) is 0.631. The zero-order chi connectivity index (χ0) is 13.4. The fraction of sp³-hybridized carbons (Fsp3) is 1.00. The fourth-order valence-corrected chi connectivity index (χ4v) is 2.78. The fourth-order valence-electron chi connectivity index (χ4n) is 2.78. The monoisotopic (exact) mass is 254 g/mol. The molecule has 1 atom stereocenters. The minimum absolute atomic E-state index is 0.631. The maximum absolute atomic E-state index is 3.57. The van der Waals surface area contributed by atoms with Crippen LogP contribution in [0, 0.1) is 5.41 Å². The predicted molar refractivity (Wildman–Crippen MR) is 81.1 cm³/mol. The zero-order valence-electron chi connectivity index (χ0n) is 13.1. The van der Waals surface area contributed by atoms with E-state index in [1.54, 1.807) is 0 Å². The molecule has 0 radical (unpaired) electrons. The van der Waals surface area contributed by atoms with Gasteiger partial charge in [0.1, 0.15) is 0 Å². The van der Waals surface area contributed by atoms with E-state index in [1.165, 1.54) is 64.7 Å². The molecule has 2 nitrogen and oxygen atoms in total. The number of nitrogens with one attached hydrogen (secondary N) is 1. The highest BCUT2D eigenvalue weighted by Gasteiger charge is 2.27. The molecule has 18 heavy (non-hydrogen) atoms. The summed E-state index contributed by atoms with van der Waals surface area (Å²) < 4.78 is 0. The Kier molecular flexibility index (Phi) is 7.25. The van der Waals surface area contributed by atoms with Gasteiger partial charge in [-0.1, -0.05) is 27.2 Å². The van der Waals surface area contributed by atoms with E-state index < -0.39 is 0 Å². The zero-order valence-corrected chi connectivity index (χ0v) is 13.1. The second kappa shape index (κ2) is 8.16. The van der Waals surface area contributed by atoms with Crippen molar-refractivity contribution < 1.29 is 0 Å². The average molecular weight is 254 g/mol. The molecular formula is C16H34N2. The topological polar surface area (TPSA) is 15.3 Å². The van der Waals surface area contributed by atoms with Crippen LogP contribution in [-0.2, 0) is 0 Å². The van der Waals surface area contributed by atoms with E-state index in [1.807, 2.05) is 0 Å². The molecule has 0 bridgehead atoms. The summed E-state index contributed by atoms with van der Waals surface area (Å²) >= 11 is 0. The van der Waals surface area contributed by atoms with Crippen molar-refractivity contribution in [1.29, 1.82) is 0 Å². The number of hydrogen-bond donors (Lipinski definition) is 1. The lowest BCUT2D eigenvalue weighted by Crippen LogP contribution is -2.39. The van der Waals surface area contributed by atoms with Crippen molar-refractivity contribution in [2.24, 2.45) is 5.41 Å². The molecule has 0 spiro atoms. The van der Waals surface area contributed by atoms with Crippen molar-refractivity contribution in [3.05, 3.63) is 0 Å². The molecule has 1 fully saturated rings. The summed E-state index contributed by atoms with van der Waals surface area (Å²) in [5, 5.41) is 3.57. The third kappa shape index (κ3) is 5.71. The molecule has 2 heteroatoms.